The molecule has 0 bridgehead atoms. The van der Waals surface area contributed by atoms with Crippen molar-refractivity contribution in [1.82, 2.24) is 4.90 Å². The molecule has 82 valence electrons. The number of rotatable bonds is 3. The first-order chi connectivity index (χ1) is 7.29. The summed E-state index contributed by atoms with van der Waals surface area (Å²) in [5, 5.41) is 18.7. The van der Waals surface area contributed by atoms with Crippen LogP contribution in [0.3, 0.4) is 0 Å². The lowest BCUT2D eigenvalue weighted by Gasteiger charge is -2.15. The van der Waals surface area contributed by atoms with Crippen LogP contribution >= 0.6 is 0 Å². The molecule has 1 aliphatic rings. The van der Waals surface area contributed by atoms with Crippen molar-refractivity contribution in [3.8, 4) is 5.75 Å². The number of nitrogens with zero attached hydrogens (tertiary/aromatic N) is 1. The maximum Gasteiger partial charge on any atom is 0.120 e. The zero-order valence-electron chi connectivity index (χ0n) is 8.82. The maximum absolute atomic E-state index is 9.75. The molecular formula is C12H17NO2. The van der Waals surface area contributed by atoms with E-state index in [-0.39, 0.29) is 6.61 Å². The Labute approximate surface area is 90.0 Å². The van der Waals surface area contributed by atoms with Crippen LogP contribution in [0.25, 0.3) is 0 Å². The second-order valence-electron chi connectivity index (χ2n) is 4.10. The van der Waals surface area contributed by atoms with E-state index in [1.165, 1.54) is 12.8 Å². The van der Waals surface area contributed by atoms with Gasteiger partial charge in [0.05, 0.1) is 6.61 Å². The molecule has 1 aliphatic heterocycles. The summed E-state index contributed by atoms with van der Waals surface area (Å²) in [6.45, 7) is 3.05. The summed E-state index contributed by atoms with van der Waals surface area (Å²) < 4.78 is 0. The zero-order valence-corrected chi connectivity index (χ0v) is 8.82. The fraction of sp³-hybridized carbons (Fsp3) is 0.500. The van der Waals surface area contributed by atoms with Crippen molar-refractivity contribution in [1.29, 1.82) is 0 Å². The number of aliphatic hydroxyl groups is 1. The molecule has 1 fully saturated rings. The molecule has 1 heterocycles. The van der Waals surface area contributed by atoms with E-state index in [0.717, 1.165) is 30.8 Å². The Hall–Kier alpha value is -1.06. The molecule has 0 amide bonds. The van der Waals surface area contributed by atoms with Gasteiger partial charge in [-0.2, -0.15) is 0 Å². The van der Waals surface area contributed by atoms with Crippen molar-refractivity contribution in [2.75, 3.05) is 13.1 Å². The van der Waals surface area contributed by atoms with Gasteiger partial charge >= 0.3 is 0 Å². The number of phenols is 1. The number of phenolic OH excluding ortho intramolecular Hbond substituents is 1. The molecular weight excluding hydrogens is 190 g/mol. The summed E-state index contributed by atoms with van der Waals surface area (Å²) in [7, 11) is 0. The largest absolute Gasteiger partial charge is 0.508 e. The molecule has 1 saturated heterocycles. The Morgan fingerprint density at radius 3 is 2.53 bits per heavy atom. The number of aliphatic hydroxyl groups excluding tert-OH is 1. The van der Waals surface area contributed by atoms with E-state index in [9.17, 15) is 5.11 Å². The summed E-state index contributed by atoms with van der Waals surface area (Å²) in [6.07, 6.45) is 2.52. The number of hydrogen-bond acceptors (Lipinski definition) is 3. The molecule has 0 atom stereocenters. The molecule has 0 radical (unpaired) electrons. The third kappa shape index (κ3) is 2.49. The van der Waals surface area contributed by atoms with Crippen molar-refractivity contribution in [3.63, 3.8) is 0 Å². The van der Waals surface area contributed by atoms with Crippen LogP contribution in [-0.4, -0.2) is 28.2 Å². The summed E-state index contributed by atoms with van der Waals surface area (Å²) in [5.41, 5.74) is 1.71. The summed E-state index contributed by atoms with van der Waals surface area (Å²) in [5.74, 6) is 0.299. The van der Waals surface area contributed by atoms with E-state index in [2.05, 4.69) is 4.90 Å². The molecule has 2 N–H and O–H groups in total. The molecule has 0 aromatic heterocycles. The van der Waals surface area contributed by atoms with Gasteiger partial charge in [-0.3, -0.25) is 4.90 Å². The van der Waals surface area contributed by atoms with Gasteiger partial charge in [0.1, 0.15) is 5.75 Å². The van der Waals surface area contributed by atoms with E-state index in [4.69, 9.17) is 5.11 Å². The lowest BCUT2D eigenvalue weighted by molar-refractivity contribution is 0.280. The van der Waals surface area contributed by atoms with E-state index < -0.39 is 0 Å². The number of aromatic hydroxyl groups is 1. The molecule has 0 unspecified atom stereocenters. The van der Waals surface area contributed by atoms with Crippen LogP contribution < -0.4 is 0 Å². The van der Waals surface area contributed by atoms with Crippen LogP contribution in [0.5, 0.6) is 5.75 Å². The van der Waals surface area contributed by atoms with Crippen LogP contribution in [-0.2, 0) is 13.2 Å². The van der Waals surface area contributed by atoms with Gasteiger partial charge < -0.3 is 10.2 Å². The van der Waals surface area contributed by atoms with E-state index in [1.54, 1.807) is 6.07 Å². The average Bonchev–Trinajstić information content (AvgIpc) is 2.74. The molecule has 3 nitrogen and oxygen atoms in total. The van der Waals surface area contributed by atoms with Crippen LogP contribution in [0.2, 0.25) is 0 Å². The molecule has 15 heavy (non-hydrogen) atoms. The van der Waals surface area contributed by atoms with Crippen molar-refractivity contribution < 1.29 is 10.2 Å². The normalized spacial score (nSPS) is 17.1. The van der Waals surface area contributed by atoms with Gasteiger partial charge in [0.25, 0.3) is 0 Å². The Balaban J connectivity index is 2.07. The van der Waals surface area contributed by atoms with Crippen LogP contribution in [0.1, 0.15) is 24.0 Å². The van der Waals surface area contributed by atoms with E-state index in [0.29, 0.717) is 5.75 Å². The highest BCUT2D eigenvalue weighted by atomic mass is 16.3. The minimum absolute atomic E-state index is 0.0163. The lowest BCUT2D eigenvalue weighted by Crippen LogP contribution is -2.18. The molecule has 3 heteroatoms. The first-order valence-corrected chi connectivity index (χ1v) is 5.43. The van der Waals surface area contributed by atoms with Gasteiger partial charge in [-0.05, 0) is 37.6 Å². The van der Waals surface area contributed by atoms with Crippen LogP contribution in [0.4, 0.5) is 0 Å². The highest BCUT2D eigenvalue weighted by Crippen LogP contribution is 2.22. The average molecular weight is 207 g/mol. The number of likely N-dealkylation sites (tertiary alicyclic amines) is 1. The van der Waals surface area contributed by atoms with Gasteiger partial charge in [-0.15, -0.1) is 0 Å². The Morgan fingerprint density at radius 1 is 1.20 bits per heavy atom. The minimum Gasteiger partial charge on any atom is -0.508 e. The highest BCUT2D eigenvalue weighted by Gasteiger charge is 2.13. The van der Waals surface area contributed by atoms with Crippen molar-refractivity contribution in [2.45, 2.75) is 26.0 Å². The predicted octanol–water partition coefficient (Wildman–Crippen LogP) is 1.48. The first-order valence-electron chi connectivity index (χ1n) is 5.43. The van der Waals surface area contributed by atoms with Gasteiger partial charge in [0, 0.05) is 12.1 Å². The fourth-order valence-electron chi connectivity index (χ4n) is 2.02. The smallest absolute Gasteiger partial charge is 0.120 e. The van der Waals surface area contributed by atoms with Crippen LogP contribution in [0.15, 0.2) is 18.2 Å². The van der Waals surface area contributed by atoms with Gasteiger partial charge in [-0.25, -0.2) is 0 Å². The molecule has 0 aliphatic carbocycles. The molecule has 0 saturated carbocycles. The Bertz CT molecular complexity index is 332. The third-order valence-electron chi connectivity index (χ3n) is 2.92. The molecule has 2 rings (SSSR count). The van der Waals surface area contributed by atoms with Gasteiger partial charge in [0.15, 0.2) is 0 Å². The van der Waals surface area contributed by atoms with Crippen molar-refractivity contribution in [2.24, 2.45) is 0 Å². The summed E-state index contributed by atoms with van der Waals surface area (Å²) >= 11 is 0. The third-order valence-corrected chi connectivity index (χ3v) is 2.92. The Morgan fingerprint density at radius 2 is 1.93 bits per heavy atom. The Kier molecular flexibility index (Phi) is 3.23. The zero-order chi connectivity index (χ0) is 10.7. The highest BCUT2D eigenvalue weighted by molar-refractivity contribution is 5.36. The topological polar surface area (TPSA) is 43.7 Å². The van der Waals surface area contributed by atoms with Crippen molar-refractivity contribution in [3.05, 3.63) is 29.3 Å². The quantitative estimate of drug-likeness (QED) is 0.789. The second-order valence-corrected chi connectivity index (χ2v) is 4.10. The second kappa shape index (κ2) is 4.64. The summed E-state index contributed by atoms with van der Waals surface area (Å²) in [6, 6.07) is 5.41. The van der Waals surface area contributed by atoms with E-state index >= 15 is 0 Å². The maximum atomic E-state index is 9.75. The minimum atomic E-state index is -0.0163. The molecule has 1 aromatic carbocycles. The monoisotopic (exact) mass is 207 g/mol. The number of benzene rings is 1. The molecule has 1 aromatic rings. The van der Waals surface area contributed by atoms with E-state index in [1.807, 2.05) is 12.1 Å². The van der Waals surface area contributed by atoms with Crippen LogP contribution in [0, 0.1) is 0 Å². The van der Waals surface area contributed by atoms with Gasteiger partial charge in [-0.1, -0.05) is 12.1 Å². The SMILES string of the molecule is OCc1ccc(CN2CCCC2)c(O)c1. The molecule has 0 spiro atoms. The first kappa shape index (κ1) is 10.5. The standard InChI is InChI=1S/C12H17NO2/c14-9-10-3-4-11(12(15)7-10)8-13-5-1-2-6-13/h3-4,7,14-15H,1-2,5-6,8-9H2. The number of hydrogen-bond donors (Lipinski definition) is 2. The predicted molar refractivity (Wildman–Crippen MR) is 58.5 cm³/mol. The van der Waals surface area contributed by atoms with Gasteiger partial charge in [0.2, 0.25) is 0 Å². The lowest BCUT2D eigenvalue weighted by atomic mass is 10.1. The summed E-state index contributed by atoms with van der Waals surface area (Å²) in [4.78, 5) is 2.34. The van der Waals surface area contributed by atoms with Crippen molar-refractivity contribution >= 4 is 0 Å². The fourth-order valence-corrected chi connectivity index (χ4v) is 2.02.